The first-order valence-corrected chi connectivity index (χ1v) is 15.0. The van der Waals surface area contributed by atoms with E-state index in [9.17, 15) is 9.59 Å². The Morgan fingerprint density at radius 1 is 1.13 bits per heavy atom. The van der Waals surface area contributed by atoms with Crippen LogP contribution in [0.2, 0.25) is 5.02 Å². The summed E-state index contributed by atoms with van der Waals surface area (Å²) >= 11 is 9.82. The Bertz CT molecular complexity index is 1290. The van der Waals surface area contributed by atoms with Gasteiger partial charge in [0.2, 0.25) is 0 Å². The normalized spacial score (nSPS) is 14.4. The van der Waals surface area contributed by atoms with Crippen molar-refractivity contribution in [2.75, 3.05) is 11.9 Å². The van der Waals surface area contributed by atoms with E-state index in [1.165, 1.54) is 49.7 Å². The molecule has 2 aliphatic rings. The Kier molecular flexibility index (Phi) is 9.52. The number of anilines is 1. The fraction of sp³-hybridized carbons (Fsp3) is 0.448. The average molecular weight is 574 g/mol. The molecule has 0 radical (unpaired) electrons. The number of urea groups is 1. The highest BCUT2D eigenvalue weighted by Gasteiger charge is 2.23. The Morgan fingerprint density at radius 3 is 2.61 bits per heavy atom. The summed E-state index contributed by atoms with van der Waals surface area (Å²) < 4.78 is 4.55. The van der Waals surface area contributed by atoms with Crippen molar-refractivity contribution in [3.8, 4) is 10.4 Å². The molecule has 204 valence electrons. The number of hydrogen-bond donors (Lipinski definition) is 3. The molecular weight excluding hydrogens is 538 g/mol. The molecule has 2 aromatic heterocycles. The van der Waals surface area contributed by atoms with Gasteiger partial charge in [-0.3, -0.25) is 10.1 Å². The van der Waals surface area contributed by atoms with Gasteiger partial charge in [0.05, 0.1) is 5.00 Å². The van der Waals surface area contributed by atoms with E-state index >= 15 is 0 Å². The number of amides is 2. The number of fused-ring (bicyclic) bond motifs is 2. The predicted octanol–water partition coefficient (Wildman–Crippen LogP) is 7.24. The smallest absolute Gasteiger partial charge is 0.320 e. The third-order valence-electron chi connectivity index (χ3n) is 6.61. The van der Waals surface area contributed by atoms with E-state index in [0.717, 1.165) is 47.9 Å². The van der Waals surface area contributed by atoms with Crippen LogP contribution < -0.4 is 16.0 Å². The van der Waals surface area contributed by atoms with Crippen LogP contribution in [0.5, 0.6) is 0 Å². The molecular formula is C29H36ClN3O3S2. The minimum absolute atomic E-state index is 0.132. The van der Waals surface area contributed by atoms with Gasteiger partial charge in [0, 0.05) is 32.7 Å². The molecule has 3 N–H and O–H groups in total. The molecule has 6 nitrogen and oxygen atoms in total. The zero-order chi connectivity index (χ0) is 27.3. The maximum Gasteiger partial charge on any atom is 0.320 e. The molecule has 9 heteroatoms. The first-order chi connectivity index (χ1) is 18.2. The Hall–Kier alpha value is -2.39. The molecule has 3 aromatic rings. The summed E-state index contributed by atoms with van der Waals surface area (Å²) in [6.45, 7) is 10.4. The fourth-order valence-electron chi connectivity index (χ4n) is 4.75. The molecule has 0 saturated heterocycles. The summed E-state index contributed by atoms with van der Waals surface area (Å²) in [5, 5.41) is 11.4. The number of hydrogen-bond acceptors (Lipinski definition) is 6. The van der Waals surface area contributed by atoms with Gasteiger partial charge in [0.25, 0.3) is 6.47 Å². The van der Waals surface area contributed by atoms with Gasteiger partial charge in [-0.05, 0) is 106 Å². The Balaban J connectivity index is 0.000000426. The number of thiophene rings is 2. The van der Waals surface area contributed by atoms with Gasteiger partial charge in [-0.15, -0.1) is 22.7 Å². The first-order valence-electron chi connectivity index (χ1n) is 13.0. The van der Waals surface area contributed by atoms with Crippen molar-refractivity contribution >= 4 is 51.8 Å². The molecule has 0 bridgehead atoms. The highest BCUT2D eigenvalue weighted by atomic mass is 35.5. The molecule has 38 heavy (non-hydrogen) atoms. The topological polar surface area (TPSA) is 79.5 Å². The summed E-state index contributed by atoms with van der Waals surface area (Å²) in [6, 6.07) is 7.86. The standard InChI is InChI=1S/C24H26ClN3OS2.C5H10O2/c1-14-17-7-2-3-8-20(17)31-23(14)28-24(29)27-12-19-18-9-10-26-13-21(18)30-22(19)15-5-4-6-16(25)11-15;1-5(2,3)7-4-6/h4-6,11,26H,2-3,7-10,12-13H2,1H3,(H2,27,28,29);4H,1-3H3. The number of ether oxygens (including phenoxy) is 1. The SMILES string of the molecule is CC(C)(C)OC=O.Cc1c(NC(=O)NCc2c(-c3cccc(Cl)c3)sc3c2CCNC3)sc2c1CCCC2. The second kappa shape index (κ2) is 12.6. The maximum atomic E-state index is 12.8. The van der Waals surface area contributed by atoms with Gasteiger partial charge in [0.1, 0.15) is 5.60 Å². The number of benzene rings is 1. The van der Waals surface area contributed by atoms with Crippen molar-refractivity contribution in [1.29, 1.82) is 0 Å². The van der Waals surface area contributed by atoms with Crippen LogP contribution in [0.4, 0.5) is 9.80 Å². The highest BCUT2D eigenvalue weighted by Crippen LogP contribution is 2.40. The van der Waals surface area contributed by atoms with Crippen molar-refractivity contribution in [2.45, 2.75) is 78.5 Å². The molecule has 3 heterocycles. The molecule has 0 saturated carbocycles. The summed E-state index contributed by atoms with van der Waals surface area (Å²) in [6.07, 6.45) is 5.77. The Morgan fingerprint density at radius 2 is 1.92 bits per heavy atom. The van der Waals surface area contributed by atoms with Crippen molar-refractivity contribution < 1.29 is 14.3 Å². The molecule has 1 aliphatic heterocycles. The summed E-state index contributed by atoms with van der Waals surface area (Å²) in [7, 11) is 0. The molecule has 2 amide bonds. The number of carbonyl (C=O) groups is 2. The lowest BCUT2D eigenvalue weighted by Crippen LogP contribution is -2.29. The zero-order valence-electron chi connectivity index (χ0n) is 22.5. The largest absolute Gasteiger partial charge is 0.462 e. The van der Waals surface area contributed by atoms with E-state index < -0.39 is 0 Å². The van der Waals surface area contributed by atoms with Crippen LogP contribution in [-0.4, -0.2) is 24.6 Å². The van der Waals surface area contributed by atoms with Crippen LogP contribution in [0.25, 0.3) is 10.4 Å². The first kappa shape index (κ1) is 28.6. The van der Waals surface area contributed by atoms with E-state index in [0.29, 0.717) is 13.0 Å². The molecule has 0 unspecified atom stereocenters. The van der Waals surface area contributed by atoms with Gasteiger partial charge >= 0.3 is 6.03 Å². The number of carbonyl (C=O) groups excluding carboxylic acids is 2. The molecule has 1 aromatic carbocycles. The third-order valence-corrected chi connectivity index (χ3v) is 9.48. The van der Waals surface area contributed by atoms with E-state index in [4.69, 9.17) is 11.6 Å². The lowest BCUT2D eigenvalue weighted by atomic mass is 9.96. The van der Waals surface area contributed by atoms with Crippen molar-refractivity contribution in [1.82, 2.24) is 10.6 Å². The second-order valence-electron chi connectivity index (χ2n) is 10.5. The van der Waals surface area contributed by atoms with E-state index in [1.54, 1.807) is 11.3 Å². The number of rotatable bonds is 5. The lowest BCUT2D eigenvalue weighted by molar-refractivity contribution is -0.138. The van der Waals surface area contributed by atoms with E-state index in [1.807, 2.05) is 50.3 Å². The quantitative estimate of drug-likeness (QED) is 0.281. The second-order valence-corrected chi connectivity index (χ2v) is 13.2. The van der Waals surface area contributed by atoms with Crippen molar-refractivity contribution in [3.05, 3.63) is 61.3 Å². The summed E-state index contributed by atoms with van der Waals surface area (Å²) in [4.78, 5) is 26.4. The molecule has 0 fully saturated rings. The highest BCUT2D eigenvalue weighted by molar-refractivity contribution is 7.16. The third kappa shape index (κ3) is 7.17. The van der Waals surface area contributed by atoms with Crippen LogP contribution in [-0.2, 0) is 41.9 Å². The number of nitrogens with one attached hydrogen (secondary N) is 3. The van der Waals surface area contributed by atoms with Crippen LogP contribution in [0.1, 0.15) is 65.6 Å². The Labute approximate surface area is 238 Å². The van der Waals surface area contributed by atoms with Crippen LogP contribution in [0.3, 0.4) is 0 Å². The van der Waals surface area contributed by atoms with Gasteiger partial charge < -0.3 is 15.4 Å². The van der Waals surface area contributed by atoms with Crippen molar-refractivity contribution in [2.24, 2.45) is 0 Å². The fourth-order valence-corrected chi connectivity index (χ4v) is 7.57. The molecule has 0 atom stereocenters. The monoisotopic (exact) mass is 573 g/mol. The van der Waals surface area contributed by atoms with Crippen LogP contribution >= 0.6 is 34.3 Å². The van der Waals surface area contributed by atoms with Gasteiger partial charge in [-0.25, -0.2) is 4.79 Å². The van der Waals surface area contributed by atoms with E-state index in [2.05, 4.69) is 33.7 Å². The van der Waals surface area contributed by atoms with Gasteiger partial charge in [0.15, 0.2) is 0 Å². The van der Waals surface area contributed by atoms with Crippen LogP contribution in [0, 0.1) is 6.92 Å². The summed E-state index contributed by atoms with van der Waals surface area (Å²) in [5.74, 6) is 0. The minimum atomic E-state index is -0.318. The average Bonchev–Trinajstić information content (AvgIpc) is 3.40. The minimum Gasteiger partial charge on any atom is -0.462 e. The van der Waals surface area contributed by atoms with Gasteiger partial charge in [-0.2, -0.15) is 0 Å². The molecule has 5 rings (SSSR count). The number of aryl methyl sites for hydroxylation is 1. The number of halogens is 1. The molecule has 1 aliphatic carbocycles. The molecule has 0 spiro atoms. The van der Waals surface area contributed by atoms with E-state index in [-0.39, 0.29) is 11.6 Å². The lowest BCUT2D eigenvalue weighted by Gasteiger charge is -2.15. The van der Waals surface area contributed by atoms with Crippen molar-refractivity contribution in [3.63, 3.8) is 0 Å². The zero-order valence-corrected chi connectivity index (χ0v) is 24.9. The van der Waals surface area contributed by atoms with Crippen LogP contribution in [0.15, 0.2) is 24.3 Å². The van der Waals surface area contributed by atoms with Gasteiger partial charge in [-0.1, -0.05) is 23.7 Å². The summed E-state index contributed by atoms with van der Waals surface area (Å²) in [5.41, 5.74) is 6.10. The predicted molar refractivity (Wildman–Crippen MR) is 159 cm³/mol. The maximum absolute atomic E-state index is 12.8.